The minimum Gasteiger partial charge on any atom is -0.397 e. The van der Waals surface area contributed by atoms with Crippen molar-refractivity contribution in [2.75, 3.05) is 17.6 Å². The number of hydrogen-bond acceptors (Lipinski definition) is 3. The summed E-state index contributed by atoms with van der Waals surface area (Å²) < 4.78 is 0. The molecule has 0 saturated heterocycles. The van der Waals surface area contributed by atoms with E-state index in [4.69, 9.17) is 5.73 Å². The van der Waals surface area contributed by atoms with Crippen LogP contribution in [0.25, 0.3) is 0 Å². The zero-order chi connectivity index (χ0) is 10.7. The van der Waals surface area contributed by atoms with E-state index in [9.17, 15) is 0 Å². The van der Waals surface area contributed by atoms with Gasteiger partial charge in [-0.2, -0.15) is 0 Å². The quantitative estimate of drug-likeness (QED) is 0.794. The van der Waals surface area contributed by atoms with Crippen molar-refractivity contribution in [2.45, 2.75) is 32.6 Å². The third kappa shape index (κ3) is 2.61. The minimum absolute atomic E-state index is 0.763. The first-order chi connectivity index (χ1) is 7.25. The van der Waals surface area contributed by atoms with Crippen molar-refractivity contribution < 1.29 is 0 Å². The van der Waals surface area contributed by atoms with Gasteiger partial charge in [0.1, 0.15) is 5.82 Å². The van der Waals surface area contributed by atoms with Gasteiger partial charge in [-0.15, -0.1) is 0 Å². The first-order valence-electron chi connectivity index (χ1n) is 5.71. The van der Waals surface area contributed by atoms with Crippen LogP contribution in [-0.2, 0) is 0 Å². The van der Waals surface area contributed by atoms with Gasteiger partial charge < -0.3 is 11.1 Å². The molecule has 0 aromatic carbocycles. The molecule has 3 N–H and O–H groups in total. The molecule has 3 heteroatoms. The molecule has 1 saturated carbocycles. The van der Waals surface area contributed by atoms with Crippen LogP contribution in [0.1, 0.15) is 31.2 Å². The Kier molecular flexibility index (Phi) is 3.09. The highest BCUT2D eigenvalue weighted by atomic mass is 15.0. The van der Waals surface area contributed by atoms with Gasteiger partial charge in [0, 0.05) is 6.54 Å². The zero-order valence-corrected chi connectivity index (χ0v) is 9.29. The fraction of sp³-hybridized carbons (Fsp3) is 0.583. The SMILES string of the molecule is Cc1cc(NCCC2CCC2)ncc1N. The summed E-state index contributed by atoms with van der Waals surface area (Å²) in [6.07, 6.45) is 7.24. The Morgan fingerprint density at radius 1 is 1.53 bits per heavy atom. The Morgan fingerprint density at radius 3 is 2.93 bits per heavy atom. The summed E-state index contributed by atoms with van der Waals surface area (Å²) in [5.74, 6) is 1.90. The van der Waals surface area contributed by atoms with Crippen LogP contribution in [0.2, 0.25) is 0 Å². The van der Waals surface area contributed by atoms with Gasteiger partial charge in [0.2, 0.25) is 0 Å². The minimum atomic E-state index is 0.763. The molecule has 3 nitrogen and oxygen atoms in total. The molecule has 1 aliphatic rings. The normalized spacial score (nSPS) is 16.1. The molecule has 1 aromatic heterocycles. The third-order valence-electron chi connectivity index (χ3n) is 3.23. The highest BCUT2D eigenvalue weighted by Gasteiger charge is 2.16. The summed E-state index contributed by atoms with van der Waals surface area (Å²) >= 11 is 0. The molecular formula is C12H19N3. The number of nitrogens with one attached hydrogen (secondary N) is 1. The maximum Gasteiger partial charge on any atom is 0.126 e. The van der Waals surface area contributed by atoms with Gasteiger partial charge in [-0.1, -0.05) is 19.3 Å². The van der Waals surface area contributed by atoms with Crippen LogP contribution in [0.3, 0.4) is 0 Å². The van der Waals surface area contributed by atoms with E-state index in [2.05, 4.69) is 10.3 Å². The smallest absolute Gasteiger partial charge is 0.126 e. The number of hydrogen-bond donors (Lipinski definition) is 2. The summed E-state index contributed by atoms with van der Waals surface area (Å²) in [5.41, 5.74) is 7.56. The Balaban J connectivity index is 1.79. The number of nitrogens with two attached hydrogens (primary N) is 1. The summed E-state index contributed by atoms with van der Waals surface area (Å²) in [6.45, 7) is 3.04. The highest BCUT2D eigenvalue weighted by Crippen LogP contribution is 2.29. The van der Waals surface area contributed by atoms with Crippen LogP contribution < -0.4 is 11.1 Å². The lowest BCUT2D eigenvalue weighted by Gasteiger charge is -2.25. The van der Waals surface area contributed by atoms with Crippen LogP contribution in [0.5, 0.6) is 0 Å². The molecule has 1 fully saturated rings. The molecule has 0 radical (unpaired) electrons. The Bertz CT molecular complexity index is 332. The number of rotatable bonds is 4. The van der Waals surface area contributed by atoms with Crippen LogP contribution in [0.4, 0.5) is 11.5 Å². The van der Waals surface area contributed by atoms with Crippen molar-refractivity contribution in [1.29, 1.82) is 0 Å². The van der Waals surface area contributed by atoms with E-state index in [1.807, 2.05) is 13.0 Å². The van der Waals surface area contributed by atoms with Gasteiger partial charge in [-0.3, -0.25) is 0 Å². The average Bonchev–Trinajstić information content (AvgIpc) is 2.15. The van der Waals surface area contributed by atoms with E-state index >= 15 is 0 Å². The van der Waals surface area contributed by atoms with Crippen molar-refractivity contribution in [3.05, 3.63) is 17.8 Å². The molecule has 0 amide bonds. The zero-order valence-electron chi connectivity index (χ0n) is 9.29. The second-order valence-electron chi connectivity index (χ2n) is 4.44. The number of pyridine rings is 1. The molecule has 82 valence electrons. The topological polar surface area (TPSA) is 50.9 Å². The maximum absolute atomic E-state index is 5.71. The fourth-order valence-electron chi connectivity index (χ4n) is 1.85. The summed E-state index contributed by atoms with van der Waals surface area (Å²) in [6, 6.07) is 2.01. The maximum atomic E-state index is 5.71. The molecule has 1 aromatic rings. The van der Waals surface area contributed by atoms with Gasteiger partial charge in [-0.05, 0) is 30.9 Å². The lowest BCUT2D eigenvalue weighted by molar-refractivity contribution is 0.303. The molecule has 1 aliphatic carbocycles. The van der Waals surface area contributed by atoms with Crippen LogP contribution in [0.15, 0.2) is 12.3 Å². The van der Waals surface area contributed by atoms with Crippen molar-refractivity contribution in [3.63, 3.8) is 0 Å². The average molecular weight is 205 g/mol. The van der Waals surface area contributed by atoms with Crippen LogP contribution in [0, 0.1) is 12.8 Å². The van der Waals surface area contributed by atoms with Crippen molar-refractivity contribution >= 4 is 11.5 Å². The van der Waals surface area contributed by atoms with E-state index in [0.717, 1.165) is 29.5 Å². The Morgan fingerprint density at radius 2 is 2.33 bits per heavy atom. The van der Waals surface area contributed by atoms with E-state index in [-0.39, 0.29) is 0 Å². The van der Waals surface area contributed by atoms with Crippen molar-refractivity contribution in [1.82, 2.24) is 4.98 Å². The number of aryl methyl sites for hydroxylation is 1. The molecular weight excluding hydrogens is 186 g/mol. The lowest BCUT2D eigenvalue weighted by Crippen LogP contribution is -2.16. The second kappa shape index (κ2) is 4.51. The lowest BCUT2D eigenvalue weighted by atomic mass is 9.83. The highest BCUT2D eigenvalue weighted by molar-refractivity contribution is 5.50. The molecule has 0 bridgehead atoms. The second-order valence-corrected chi connectivity index (χ2v) is 4.44. The first kappa shape index (κ1) is 10.3. The molecule has 15 heavy (non-hydrogen) atoms. The Hall–Kier alpha value is -1.25. The van der Waals surface area contributed by atoms with E-state index in [1.54, 1.807) is 6.20 Å². The number of nitrogen functional groups attached to an aromatic ring is 1. The van der Waals surface area contributed by atoms with Gasteiger partial charge in [0.25, 0.3) is 0 Å². The van der Waals surface area contributed by atoms with Gasteiger partial charge >= 0.3 is 0 Å². The molecule has 0 aliphatic heterocycles. The summed E-state index contributed by atoms with van der Waals surface area (Å²) in [7, 11) is 0. The van der Waals surface area contributed by atoms with Crippen molar-refractivity contribution in [3.8, 4) is 0 Å². The summed E-state index contributed by atoms with van der Waals surface area (Å²) in [4.78, 5) is 4.24. The van der Waals surface area contributed by atoms with E-state index in [0.29, 0.717) is 0 Å². The predicted octanol–water partition coefficient (Wildman–Crippen LogP) is 2.57. The first-order valence-corrected chi connectivity index (χ1v) is 5.71. The monoisotopic (exact) mass is 205 g/mol. The molecule has 1 heterocycles. The van der Waals surface area contributed by atoms with Crippen LogP contribution >= 0.6 is 0 Å². The molecule has 0 unspecified atom stereocenters. The van der Waals surface area contributed by atoms with Crippen molar-refractivity contribution in [2.24, 2.45) is 5.92 Å². The fourth-order valence-corrected chi connectivity index (χ4v) is 1.85. The predicted molar refractivity (Wildman–Crippen MR) is 63.8 cm³/mol. The van der Waals surface area contributed by atoms with Gasteiger partial charge in [-0.25, -0.2) is 4.98 Å². The summed E-state index contributed by atoms with van der Waals surface area (Å²) in [5, 5.41) is 3.35. The Labute approximate surface area is 91.1 Å². The molecule has 0 atom stereocenters. The number of nitrogens with zero attached hydrogens (tertiary/aromatic N) is 1. The molecule has 2 rings (SSSR count). The van der Waals surface area contributed by atoms with E-state index < -0.39 is 0 Å². The van der Waals surface area contributed by atoms with Crippen LogP contribution in [-0.4, -0.2) is 11.5 Å². The third-order valence-corrected chi connectivity index (χ3v) is 3.23. The van der Waals surface area contributed by atoms with Gasteiger partial charge in [0.15, 0.2) is 0 Å². The standard InChI is InChI=1S/C12H19N3/c1-9-7-12(15-8-11(9)13)14-6-5-10-3-2-4-10/h7-8,10H,2-6,13H2,1H3,(H,14,15). The molecule has 0 spiro atoms. The number of aromatic nitrogens is 1. The van der Waals surface area contributed by atoms with E-state index in [1.165, 1.54) is 25.7 Å². The largest absolute Gasteiger partial charge is 0.397 e. The number of anilines is 2. The van der Waals surface area contributed by atoms with Gasteiger partial charge in [0.05, 0.1) is 11.9 Å².